The lowest BCUT2D eigenvalue weighted by atomic mass is 9.92. The first kappa shape index (κ1) is 16.7. The van der Waals surface area contributed by atoms with Gasteiger partial charge in [0.25, 0.3) is 0 Å². The standard InChI is InChI=1S/C19H20O4/c1-23-18-9-7-15(8-10-18)12-17(20)13-16(19(21)22)11-14-5-3-2-4-6-14/h2-10,16H,11-13H2,1H3,(H,21,22). The Morgan fingerprint density at radius 2 is 1.65 bits per heavy atom. The zero-order valence-corrected chi connectivity index (χ0v) is 13.1. The van der Waals surface area contributed by atoms with Crippen molar-refractivity contribution >= 4 is 11.8 Å². The topological polar surface area (TPSA) is 63.6 Å². The summed E-state index contributed by atoms with van der Waals surface area (Å²) in [7, 11) is 1.58. The van der Waals surface area contributed by atoms with Crippen LogP contribution in [0.3, 0.4) is 0 Å². The molecule has 0 saturated heterocycles. The second-order valence-electron chi connectivity index (χ2n) is 5.49. The Labute approximate surface area is 135 Å². The first-order valence-electron chi connectivity index (χ1n) is 7.50. The molecule has 120 valence electrons. The van der Waals surface area contributed by atoms with Crippen molar-refractivity contribution in [1.29, 1.82) is 0 Å². The molecule has 1 atom stereocenters. The molecule has 0 aromatic heterocycles. The molecule has 0 radical (unpaired) electrons. The molecular weight excluding hydrogens is 292 g/mol. The molecule has 4 nitrogen and oxygen atoms in total. The molecule has 23 heavy (non-hydrogen) atoms. The van der Waals surface area contributed by atoms with Gasteiger partial charge in [-0.05, 0) is 29.7 Å². The van der Waals surface area contributed by atoms with Gasteiger partial charge < -0.3 is 9.84 Å². The smallest absolute Gasteiger partial charge is 0.307 e. The number of rotatable bonds is 8. The van der Waals surface area contributed by atoms with Crippen LogP contribution in [0.15, 0.2) is 54.6 Å². The summed E-state index contributed by atoms with van der Waals surface area (Å²) in [6.07, 6.45) is 0.642. The van der Waals surface area contributed by atoms with E-state index in [1.54, 1.807) is 19.2 Å². The van der Waals surface area contributed by atoms with Gasteiger partial charge >= 0.3 is 5.97 Å². The van der Waals surface area contributed by atoms with E-state index in [0.717, 1.165) is 16.9 Å². The second-order valence-corrected chi connectivity index (χ2v) is 5.49. The molecule has 0 fully saturated rings. The Morgan fingerprint density at radius 3 is 2.22 bits per heavy atom. The summed E-state index contributed by atoms with van der Waals surface area (Å²) in [6, 6.07) is 16.6. The molecule has 2 rings (SSSR count). The number of ketones is 1. The van der Waals surface area contributed by atoms with E-state index >= 15 is 0 Å². The minimum absolute atomic E-state index is 0.0380. The summed E-state index contributed by atoms with van der Waals surface area (Å²) in [5, 5.41) is 9.35. The third-order valence-corrected chi connectivity index (χ3v) is 3.71. The average Bonchev–Trinajstić information content (AvgIpc) is 2.56. The number of benzene rings is 2. The van der Waals surface area contributed by atoms with Gasteiger partial charge in [-0.3, -0.25) is 9.59 Å². The molecule has 0 heterocycles. The van der Waals surface area contributed by atoms with Gasteiger partial charge in [-0.1, -0.05) is 42.5 Å². The molecule has 4 heteroatoms. The van der Waals surface area contributed by atoms with E-state index < -0.39 is 11.9 Å². The third-order valence-electron chi connectivity index (χ3n) is 3.71. The zero-order chi connectivity index (χ0) is 16.7. The number of aliphatic carboxylic acids is 1. The van der Waals surface area contributed by atoms with Gasteiger partial charge in [0.1, 0.15) is 11.5 Å². The number of methoxy groups -OCH3 is 1. The van der Waals surface area contributed by atoms with Gasteiger partial charge in [0, 0.05) is 12.8 Å². The first-order chi connectivity index (χ1) is 11.1. The van der Waals surface area contributed by atoms with Gasteiger partial charge in [0.2, 0.25) is 0 Å². The van der Waals surface area contributed by atoms with Crippen molar-refractivity contribution in [3.63, 3.8) is 0 Å². The Bertz CT molecular complexity index is 647. The fourth-order valence-corrected chi connectivity index (χ4v) is 2.46. The minimum atomic E-state index is -0.933. The van der Waals surface area contributed by atoms with Crippen molar-refractivity contribution < 1.29 is 19.4 Å². The van der Waals surface area contributed by atoms with Gasteiger partial charge in [-0.25, -0.2) is 0 Å². The van der Waals surface area contributed by atoms with Crippen LogP contribution in [0.2, 0.25) is 0 Å². The summed E-state index contributed by atoms with van der Waals surface area (Å²) < 4.78 is 5.07. The molecule has 2 aromatic rings. The maximum atomic E-state index is 12.2. The van der Waals surface area contributed by atoms with Gasteiger partial charge in [0.05, 0.1) is 13.0 Å². The van der Waals surface area contributed by atoms with Crippen LogP contribution in [0.1, 0.15) is 17.5 Å². The van der Waals surface area contributed by atoms with Crippen LogP contribution in [0.25, 0.3) is 0 Å². The van der Waals surface area contributed by atoms with Crippen molar-refractivity contribution in [2.75, 3.05) is 7.11 Å². The summed E-state index contributed by atoms with van der Waals surface area (Å²) >= 11 is 0. The predicted octanol–water partition coefficient (Wildman–Crippen LogP) is 3.14. The monoisotopic (exact) mass is 312 g/mol. The molecule has 0 aliphatic rings. The minimum Gasteiger partial charge on any atom is -0.497 e. The highest BCUT2D eigenvalue weighted by atomic mass is 16.5. The maximum Gasteiger partial charge on any atom is 0.307 e. The van der Waals surface area contributed by atoms with Crippen molar-refractivity contribution in [2.45, 2.75) is 19.3 Å². The summed E-state index contributed by atoms with van der Waals surface area (Å²) in [5.74, 6) is -0.965. The van der Waals surface area contributed by atoms with Crippen LogP contribution in [0.5, 0.6) is 5.75 Å². The number of carbonyl (C=O) groups excluding carboxylic acids is 1. The molecule has 0 spiro atoms. The molecule has 0 bridgehead atoms. The summed E-state index contributed by atoms with van der Waals surface area (Å²) in [5.41, 5.74) is 1.79. The number of ether oxygens (including phenoxy) is 1. The zero-order valence-electron chi connectivity index (χ0n) is 13.1. The number of carboxylic acids is 1. The molecule has 0 aliphatic heterocycles. The SMILES string of the molecule is COc1ccc(CC(=O)CC(Cc2ccccc2)C(=O)O)cc1. The second kappa shape index (κ2) is 8.13. The number of carbonyl (C=O) groups is 2. The molecule has 1 N–H and O–H groups in total. The molecule has 2 aromatic carbocycles. The van der Waals surface area contributed by atoms with Crippen LogP contribution in [-0.2, 0) is 22.4 Å². The van der Waals surface area contributed by atoms with E-state index in [0.29, 0.717) is 6.42 Å². The highest BCUT2D eigenvalue weighted by Gasteiger charge is 2.21. The fourth-order valence-electron chi connectivity index (χ4n) is 2.46. The number of hydrogen-bond donors (Lipinski definition) is 1. The maximum absolute atomic E-state index is 12.2. The quantitative estimate of drug-likeness (QED) is 0.813. The van der Waals surface area contributed by atoms with Gasteiger partial charge in [-0.2, -0.15) is 0 Å². The van der Waals surface area contributed by atoms with Crippen molar-refractivity contribution in [2.24, 2.45) is 5.92 Å². The number of hydrogen-bond acceptors (Lipinski definition) is 3. The average molecular weight is 312 g/mol. The molecule has 0 aliphatic carbocycles. The lowest BCUT2D eigenvalue weighted by Crippen LogP contribution is -2.21. The first-order valence-corrected chi connectivity index (χ1v) is 7.50. The van der Waals surface area contributed by atoms with E-state index in [9.17, 15) is 14.7 Å². The molecule has 1 unspecified atom stereocenters. The molecular formula is C19H20O4. The van der Waals surface area contributed by atoms with Crippen LogP contribution in [0, 0.1) is 5.92 Å². The third kappa shape index (κ3) is 5.25. The number of carboxylic acid groups (broad SMARTS) is 1. The van der Waals surface area contributed by atoms with Gasteiger partial charge in [-0.15, -0.1) is 0 Å². The molecule has 0 amide bonds. The van der Waals surface area contributed by atoms with Gasteiger partial charge in [0.15, 0.2) is 0 Å². The van der Waals surface area contributed by atoms with Crippen molar-refractivity contribution in [1.82, 2.24) is 0 Å². The van der Waals surface area contributed by atoms with E-state index in [1.807, 2.05) is 42.5 Å². The van der Waals surface area contributed by atoms with E-state index in [1.165, 1.54) is 0 Å². The van der Waals surface area contributed by atoms with E-state index in [2.05, 4.69) is 0 Å². The Hall–Kier alpha value is -2.62. The summed E-state index contributed by atoms with van der Waals surface area (Å²) in [6.45, 7) is 0. The predicted molar refractivity (Wildman–Crippen MR) is 87.6 cm³/mol. The lowest BCUT2D eigenvalue weighted by molar-refractivity contribution is -0.143. The van der Waals surface area contributed by atoms with E-state index in [4.69, 9.17) is 4.74 Å². The lowest BCUT2D eigenvalue weighted by Gasteiger charge is -2.12. The van der Waals surface area contributed by atoms with Crippen LogP contribution in [0.4, 0.5) is 0 Å². The summed E-state index contributed by atoms with van der Waals surface area (Å²) in [4.78, 5) is 23.6. The van der Waals surface area contributed by atoms with Crippen LogP contribution >= 0.6 is 0 Å². The normalized spacial score (nSPS) is 11.7. The number of Topliss-reactive ketones (excluding diaryl/α,β-unsaturated/α-hetero) is 1. The highest BCUT2D eigenvalue weighted by molar-refractivity contribution is 5.85. The Kier molecular flexibility index (Phi) is 5.92. The van der Waals surface area contributed by atoms with Crippen molar-refractivity contribution in [3.8, 4) is 5.75 Å². The Balaban J connectivity index is 1.96. The molecule has 0 saturated carbocycles. The van der Waals surface area contributed by atoms with Crippen LogP contribution in [-0.4, -0.2) is 24.0 Å². The highest BCUT2D eigenvalue weighted by Crippen LogP contribution is 2.16. The van der Waals surface area contributed by atoms with Crippen LogP contribution < -0.4 is 4.74 Å². The Morgan fingerprint density at radius 1 is 1.00 bits per heavy atom. The van der Waals surface area contributed by atoms with Crippen molar-refractivity contribution in [3.05, 3.63) is 65.7 Å². The largest absolute Gasteiger partial charge is 0.497 e. The van der Waals surface area contributed by atoms with E-state index in [-0.39, 0.29) is 18.6 Å². The fraction of sp³-hybridized carbons (Fsp3) is 0.263.